The Kier molecular flexibility index (Phi) is 4.65. The van der Waals surface area contributed by atoms with Crippen LogP contribution in [0.4, 0.5) is 0 Å². The van der Waals surface area contributed by atoms with Crippen LogP contribution in [0.2, 0.25) is 0 Å². The maximum atomic E-state index is 9.26. The fraction of sp³-hybridized carbons (Fsp3) is 1.00. The van der Waals surface area contributed by atoms with E-state index >= 15 is 0 Å². The highest BCUT2D eigenvalue weighted by Crippen LogP contribution is 2.09. The van der Waals surface area contributed by atoms with E-state index in [0.29, 0.717) is 0 Å². The first-order valence-corrected chi connectivity index (χ1v) is 3.86. The van der Waals surface area contributed by atoms with Crippen LogP contribution in [0.3, 0.4) is 0 Å². The van der Waals surface area contributed by atoms with Gasteiger partial charge in [-0.25, -0.2) is 0 Å². The molecule has 0 heterocycles. The quantitative estimate of drug-likeness (QED) is 0.597. The van der Waals surface area contributed by atoms with E-state index in [9.17, 15) is 5.11 Å². The number of aliphatic hydroxyl groups is 1. The van der Waals surface area contributed by atoms with Gasteiger partial charge in [0.05, 0.1) is 5.60 Å². The number of ether oxygens (including phenoxy) is 1. The van der Waals surface area contributed by atoms with Gasteiger partial charge in [0.25, 0.3) is 0 Å². The van der Waals surface area contributed by atoms with Crippen molar-refractivity contribution >= 4 is 0 Å². The second-order valence-electron chi connectivity index (χ2n) is 3.11. The maximum absolute atomic E-state index is 9.26. The van der Waals surface area contributed by atoms with Gasteiger partial charge in [-0.3, -0.25) is 0 Å². The summed E-state index contributed by atoms with van der Waals surface area (Å²) in [6, 6.07) is 0. The molecule has 0 spiro atoms. The summed E-state index contributed by atoms with van der Waals surface area (Å²) in [6.07, 6.45) is 1.75. The van der Waals surface area contributed by atoms with Gasteiger partial charge >= 0.3 is 0 Å². The summed E-state index contributed by atoms with van der Waals surface area (Å²) in [6.45, 7) is 7.15. The molecule has 0 atom stereocenters. The van der Waals surface area contributed by atoms with Crippen LogP contribution in [0, 0.1) is 0 Å². The molecule has 0 aromatic heterocycles. The van der Waals surface area contributed by atoms with Crippen LogP contribution < -0.4 is 0 Å². The number of rotatable bonds is 5. The van der Waals surface area contributed by atoms with E-state index in [4.69, 9.17) is 4.74 Å². The third-order valence-corrected chi connectivity index (χ3v) is 1.28. The Balaban J connectivity index is 3.04. The Morgan fingerprint density at radius 1 is 1.40 bits per heavy atom. The lowest BCUT2D eigenvalue weighted by atomic mass is 10.0. The Morgan fingerprint density at radius 3 is 2.40 bits per heavy atom. The first-order valence-electron chi connectivity index (χ1n) is 3.86. The van der Waals surface area contributed by atoms with Gasteiger partial charge in [0.2, 0.25) is 0 Å². The average Bonchev–Trinajstić information content (AvgIpc) is 1.78. The van der Waals surface area contributed by atoms with Gasteiger partial charge in [-0.05, 0) is 33.6 Å². The zero-order valence-corrected chi connectivity index (χ0v) is 7.18. The van der Waals surface area contributed by atoms with Gasteiger partial charge < -0.3 is 9.84 Å². The third-order valence-electron chi connectivity index (χ3n) is 1.28. The van der Waals surface area contributed by atoms with Crippen molar-refractivity contribution in [1.82, 2.24) is 0 Å². The molecular formula is C8H18O2. The lowest BCUT2D eigenvalue weighted by molar-refractivity contribution is 0.0539. The van der Waals surface area contributed by atoms with E-state index in [1.807, 2.05) is 20.8 Å². The summed E-state index contributed by atoms with van der Waals surface area (Å²) in [5.74, 6) is 0. The van der Waals surface area contributed by atoms with E-state index < -0.39 is 5.60 Å². The minimum absolute atomic E-state index is 0.531. The summed E-state index contributed by atoms with van der Waals surface area (Å²) < 4.78 is 5.12. The van der Waals surface area contributed by atoms with Crippen LogP contribution in [0.1, 0.15) is 33.6 Å². The molecular weight excluding hydrogens is 128 g/mol. The minimum Gasteiger partial charge on any atom is -0.390 e. The Labute approximate surface area is 63.2 Å². The molecule has 2 nitrogen and oxygen atoms in total. The van der Waals surface area contributed by atoms with Crippen LogP contribution in [-0.4, -0.2) is 23.9 Å². The first-order chi connectivity index (χ1) is 4.56. The molecule has 0 unspecified atom stereocenters. The first kappa shape index (κ1) is 9.92. The molecule has 62 valence electrons. The van der Waals surface area contributed by atoms with Crippen molar-refractivity contribution < 1.29 is 9.84 Å². The van der Waals surface area contributed by atoms with Crippen molar-refractivity contribution in [3.8, 4) is 0 Å². The minimum atomic E-state index is -0.531. The molecule has 0 aliphatic carbocycles. The summed E-state index contributed by atoms with van der Waals surface area (Å²) in [5, 5.41) is 9.26. The Morgan fingerprint density at radius 2 is 2.00 bits per heavy atom. The molecule has 0 saturated carbocycles. The van der Waals surface area contributed by atoms with Crippen molar-refractivity contribution in [2.75, 3.05) is 13.2 Å². The zero-order valence-electron chi connectivity index (χ0n) is 7.18. The second kappa shape index (κ2) is 4.69. The van der Waals surface area contributed by atoms with Crippen LogP contribution in [0.15, 0.2) is 0 Å². The third kappa shape index (κ3) is 7.92. The monoisotopic (exact) mass is 146 g/mol. The molecule has 0 saturated heterocycles. The molecule has 0 bridgehead atoms. The average molecular weight is 146 g/mol. The smallest absolute Gasteiger partial charge is 0.0592 e. The molecule has 0 radical (unpaired) electrons. The highest BCUT2D eigenvalue weighted by atomic mass is 16.5. The second-order valence-corrected chi connectivity index (χ2v) is 3.11. The summed E-state index contributed by atoms with van der Waals surface area (Å²) in [5.41, 5.74) is -0.531. The molecule has 0 amide bonds. The Bertz CT molecular complexity index is 73.8. The molecule has 0 fully saturated rings. The van der Waals surface area contributed by atoms with Gasteiger partial charge in [0, 0.05) is 13.2 Å². The molecule has 0 aromatic carbocycles. The fourth-order valence-electron chi connectivity index (χ4n) is 0.751. The van der Waals surface area contributed by atoms with Crippen LogP contribution in [0.25, 0.3) is 0 Å². The predicted octanol–water partition coefficient (Wildman–Crippen LogP) is 1.57. The topological polar surface area (TPSA) is 29.5 Å². The maximum Gasteiger partial charge on any atom is 0.0592 e. The standard InChI is InChI=1S/C8H18O2/c1-4-10-7-5-6-8(2,3)9/h9H,4-7H2,1-3H3. The summed E-state index contributed by atoms with van der Waals surface area (Å²) in [4.78, 5) is 0. The predicted molar refractivity (Wildman–Crippen MR) is 42.0 cm³/mol. The van der Waals surface area contributed by atoms with Gasteiger partial charge in [-0.2, -0.15) is 0 Å². The zero-order chi connectivity index (χ0) is 8.04. The number of hydrogen-bond acceptors (Lipinski definition) is 2. The van der Waals surface area contributed by atoms with E-state index in [0.717, 1.165) is 26.1 Å². The molecule has 0 aliphatic rings. The molecule has 1 N–H and O–H groups in total. The van der Waals surface area contributed by atoms with E-state index in [-0.39, 0.29) is 0 Å². The molecule has 0 aromatic rings. The highest BCUT2D eigenvalue weighted by molar-refractivity contribution is 4.63. The van der Waals surface area contributed by atoms with Crippen LogP contribution in [0.5, 0.6) is 0 Å². The van der Waals surface area contributed by atoms with Crippen molar-refractivity contribution in [3.05, 3.63) is 0 Å². The SMILES string of the molecule is CCOCCCC(C)(C)O. The molecule has 2 heteroatoms. The lowest BCUT2D eigenvalue weighted by Gasteiger charge is -2.15. The fourth-order valence-corrected chi connectivity index (χ4v) is 0.751. The van der Waals surface area contributed by atoms with Gasteiger partial charge in [-0.15, -0.1) is 0 Å². The van der Waals surface area contributed by atoms with Crippen molar-refractivity contribution in [2.45, 2.75) is 39.2 Å². The Hall–Kier alpha value is -0.0800. The summed E-state index contributed by atoms with van der Waals surface area (Å²) >= 11 is 0. The van der Waals surface area contributed by atoms with Crippen molar-refractivity contribution in [2.24, 2.45) is 0 Å². The largest absolute Gasteiger partial charge is 0.390 e. The number of hydrogen-bond donors (Lipinski definition) is 1. The van der Waals surface area contributed by atoms with E-state index in [1.54, 1.807) is 0 Å². The summed E-state index contributed by atoms with van der Waals surface area (Å²) in [7, 11) is 0. The normalized spacial score (nSPS) is 12.0. The molecule has 0 aliphatic heterocycles. The van der Waals surface area contributed by atoms with Gasteiger partial charge in [0.15, 0.2) is 0 Å². The molecule has 0 rings (SSSR count). The van der Waals surface area contributed by atoms with E-state index in [1.165, 1.54) is 0 Å². The van der Waals surface area contributed by atoms with Gasteiger partial charge in [0.1, 0.15) is 0 Å². The van der Waals surface area contributed by atoms with Crippen LogP contribution in [-0.2, 0) is 4.74 Å². The van der Waals surface area contributed by atoms with Crippen molar-refractivity contribution in [1.29, 1.82) is 0 Å². The highest BCUT2D eigenvalue weighted by Gasteiger charge is 2.10. The van der Waals surface area contributed by atoms with E-state index in [2.05, 4.69) is 0 Å². The van der Waals surface area contributed by atoms with Crippen molar-refractivity contribution in [3.63, 3.8) is 0 Å². The lowest BCUT2D eigenvalue weighted by Crippen LogP contribution is -2.18. The van der Waals surface area contributed by atoms with Gasteiger partial charge in [-0.1, -0.05) is 0 Å². The molecule has 10 heavy (non-hydrogen) atoms. The van der Waals surface area contributed by atoms with Crippen LogP contribution >= 0.6 is 0 Å².